The molecule has 0 saturated carbocycles. The number of amides is 1. The van der Waals surface area contributed by atoms with Crippen LogP contribution in [0.3, 0.4) is 0 Å². The third-order valence-corrected chi connectivity index (χ3v) is 8.05. The van der Waals surface area contributed by atoms with Gasteiger partial charge in [0.25, 0.3) is 0 Å². The normalized spacial score (nSPS) is 13.8. The minimum absolute atomic E-state index is 0.162. The van der Waals surface area contributed by atoms with Gasteiger partial charge in [0.05, 0.1) is 10.6 Å². The zero-order valence-corrected chi connectivity index (χ0v) is 23.4. The Morgan fingerprint density at radius 1 is 1.14 bits per heavy atom. The molecule has 5 rings (SSSR count). The van der Waals surface area contributed by atoms with Crippen LogP contribution in [0.25, 0.3) is 28.0 Å². The van der Waals surface area contributed by atoms with Crippen molar-refractivity contribution in [2.75, 3.05) is 49.6 Å². The summed E-state index contributed by atoms with van der Waals surface area (Å²) in [6, 6.07) is 17.5. The third kappa shape index (κ3) is 5.26. The molecular weight excluding hydrogens is 526 g/mol. The van der Waals surface area contributed by atoms with Gasteiger partial charge in [0.2, 0.25) is 5.91 Å². The van der Waals surface area contributed by atoms with Gasteiger partial charge in [-0.05, 0) is 37.1 Å². The Morgan fingerprint density at radius 2 is 1.84 bits per heavy atom. The van der Waals surface area contributed by atoms with Crippen molar-refractivity contribution in [3.05, 3.63) is 64.6 Å². The van der Waals surface area contributed by atoms with Crippen LogP contribution in [0.4, 0.5) is 11.6 Å². The van der Waals surface area contributed by atoms with Crippen molar-refractivity contribution in [1.82, 2.24) is 14.6 Å². The van der Waals surface area contributed by atoms with Crippen LogP contribution >= 0.6 is 31.1 Å². The monoisotopic (exact) mass is 554 g/mol. The third-order valence-electron chi connectivity index (χ3n) is 6.48. The number of aromatic nitrogens is 3. The predicted octanol–water partition coefficient (Wildman–Crippen LogP) is 5.82. The summed E-state index contributed by atoms with van der Waals surface area (Å²) in [5.74, 6) is 1.76. The predicted molar refractivity (Wildman–Crippen MR) is 155 cm³/mol. The van der Waals surface area contributed by atoms with Gasteiger partial charge in [0.15, 0.2) is 5.65 Å². The number of anilines is 2. The van der Waals surface area contributed by atoms with Crippen LogP contribution in [0.15, 0.2) is 54.6 Å². The van der Waals surface area contributed by atoms with Crippen molar-refractivity contribution in [2.45, 2.75) is 6.42 Å². The topological polar surface area (TPSA) is 79.8 Å². The molecule has 2 aromatic heterocycles. The Labute approximate surface area is 227 Å². The molecule has 0 atom stereocenters. The summed E-state index contributed by atoms with van der Waals surface area (Å²) in [6.45, 7) is 5.97. The molecule has 2 N–H and O–H groups in total. The van der Waals surface area contributed by atoms with Crippen LogP contribution in [0.5, 0.6) is 0 Å². The molecule has 1 aliphatic rings. The maximum Gasteiger partial charge on any atom is 0.217 e. The summed E-state index contributed by atoms with van der Waals surface area (Å²) in [5.41, 5.74) is 9.63. The number of primary amides is 1. The summed E-state index contributed by atoms with van der Waals surface area (Å²) < 4.78 is 1.90. The Kier molecular flexibility index (Phi) is 7.30. The smallest absolute Gasteiger partial charge is 0.217 e. The van der Waals surface area contributed by atoms with Gasteiger partial charge >= 0.3 is 0 Å². The van der Waals surface area contributed by atoms with Gasteiger partial charge in [-0.25, -0.2) is 4.98 Å². The zero-order valence-electron chi connectivity index (χ0n) is 21.0. The highest BCUT2D eigenvalue weighted by molar-refractivity contribution is 7.56. The highest BCUT2D eigenvalue weighted by atomic mass is 35.5. The number of hydrogen-bond donors (Lipinski definition) is 1. The zero-order chi connectivity index (χ0) is 26.3. The van der Waals surface area contributed by atoms with Crippen LogP contribution in [-0.2, 0) is 4.79 Å². The molecule has 4 aromatic rings. The number of carbonyl (C=O) groups excluding carboxylic acids is 1. The molecule has 1 fully saturated rings. The van der Waals surface area contributed by atoms with Gasteiger partial charge in [0, 0.05) is 55.4 Å². The van der Waals surface area contributed by atoms with E-state index < -0.39 is 0 Å². The fourth-order valence-corrected chi connectivity index (χ4v) is 6.15. The Morgan fingerprint density at radius 3 is 2.49 bits per heavy atom. The standard InChI is InChI=1S/C27H29Cl2N6OP/c1-33(16-37(2)3)23-13-24(34-14-17(15-34)12-22(30)36)35-27(31-23)25(18-8-10-19(28)11-9-18)26(32-35)20-6-4-5-7-21(20)29/h4-11,13,17H,12,14-16H2,1-3H3,(H2,30,36). The average Bonchev–Trinajstić information content (AvgIpc) is 3.20. The van der Waals surface area contributed by atoms with Gasteiger partial charge in [-0.2, -0.15) is 9.61 Å². The molecule has 7 nitrogen and oxygen atoms in total. The Balaban J connectivity index is 1.74. The first-order valence-electron chi connectivity index (χ1n) is 12.0. The highest BCUT2D eigenvalue weighted by Gasteiger charge is 2.32. The second-order valence-electron chi connectivity index (χ2n) is 9.78. The van der Waals surface area contributed by atoms with Crippen LogP contribution in [0, 0.1) is 5.92 Å². The largest absolute Gasteiger partial charge is 0.370 e. The first-order valence-corrected chi connectivity index (χ1v) is 15.2. The van der Waals surface area contributed by atoms with Crippen molar-refractivity contribution in [2.24, 2.45) is 11.7 Å². The van der Waals surface area contributed by atoms with Crippen LogP contribution in [0.2, 0.25) is 10.0 Å². The molecule has 3 heterocycles. The molecule has 1 saturated heterocycles. The van der Waals surface area contributed by atoms with Crippen molar-refractivity contribution in [1.29, 1.82) is 0 Å². The lowest BCUT2D eigenvalue weighted by molar-refractivity contribution is -0.119. The fourth-order valence-electron chi connectivity index (χ4n) is 4.80. The Bertz CT molecular complexity index is 1450. The van der Waals surface area contributed by atoms with Gasteiger partial charge in [-0.15, -0.1) is 0 Å². The maximum atomic E-state index is 11.5. The number of nitrogens with two attached hydrogens (primary N) is 1. The molecule has 0 radical (unpaired) electrons. The lowest BCUT2D eigenvalue weighted by Gasteiger charge is -2.40. The molecule has 0 spiro atoms. The van der Waals surface area contributed by atoms with E-state index in [2.05, 4.69) is 36.2 Å². The highest BCUT2D eigenvalue weighted by Crippen LogP contribution is 2.41. The summed E-state index contributed by atoms with van der Waals surface area (Å²) in [6.07, 6.45) is 1.30. The molecule has 192 valence electrons. The number of benzene rings is 2. The van der Waals surface area contributed by atoms with Crippen molar-refractivity contribution < 1.29 is 4.79 Å². The summed E-state index contributed by atoms with van der Waals surface area (Å²) in [7, 11) is 1.91. The van der Waals surface area contributed by atoms with E-state index in [4.69, 9.17) is 39.0 Å². The Hall–Kier alpha value is -2.86. The lowest BCUT2D eigenvalue weighted by atomic mass is 9.96. The number of fused-ring (bicyclic) bond motifs is 1. The second kappa shape index (κ2) is 10.5. The number of nitrogens with zero attached hydrogens (tertiary/aromatic N) is 5. The molecule has 10 heteroatoms. The molecular formula is C27H29Cl2N6OP. The summed E-state index contributed by atoms with van der Waals surface area (Å²) >= 11 is 12.9. The van der Waals surface area contributed by atoms with Crippen molar-refractivity contribution in [3.63, 3.8) is 0 Å². The average molecular weight is 555 g/mol. The molecule has 0 aliphatic carbocycles. The number of rotatable bonds is 8. The molecule has 2 aromatic carbocycles. The number of hydrogen-bond acceptors (Lipinski definition) is 5. The van der Waals surface area contributed by atoms with Gasteiger partial charge in [-0.1, -0.05) is 61.5 Å². The van der Waals surface area contributed by atoms with E-state index in [1.165, 1.54) is 0 Å². The van der Waals surface area contributed by atoms with E-state index >= 15 is 0 Å². The van der Waals surface area contributed by atoms with Crippen molar-refractivity contribution in [3.8, 4) is 22.4 Å². The minimum atomic E-state index is -0.269. The molecule has 37 heavy (non-hydrogen) atoms. The van der Waals surface area contributed by atoms with E-state index in [0.717, 1.165) is 59.0 Å². The number of halogens is 2. The number of carbonyl (C=O) groups is 1. The van der Waals surface area contributed by atoms with Crippen LogP contribution in [0.1, 0.15) is 6.42 Å². The maximum absolute atomic E-state index is 11.5. The van der Waals surface area contributed by atoms with Crippen LogP contribution in [-0.4, -0.2) is 60.3 Å². The quantitative estimate of drug-likeness (QED) is 0.278. The van der Waals surface area contributed by atoms with Gasteiger partial charge in [0.1, 0.15) is 17.3 Å². The SMILES string of the molecule is CN(CP(C)C)c1cc(N2CC(CC(N)=O)C2)n2nc(-c3ccccc3Cl)c(-c3ccc(Cl)cc3)c2n1. The first-order chi connectivity index (χ1) is 17.7. The van der Waals surface area contributed by atoms with Crippen LogP contribution < -0.4 is 15.5 Å². The van der Waals surface area contributed by atoms with E-state index in [9.17, 15) is 4.79 Å². The molecule has 1 amide bonds. The van der Waals surface area contributed by atoms with Crippen molar-refractivity contribution >= 4 is 54.3 Å². The lowest BCUT2D eigenvalue weighted by Crippen LogP contribution is -2.49. The second-order valence-corrected chi connectivity index (χ2v) is 13.1. The molecule has 1 aliphatic heterocycles. The van der Waals surface area contributed by atoms with E-state index in [-0.39, 0.29) is 19.7 Å². The van der Waals surface area contributed by atoms with E-state index in [1.807, 2.05) is 53.0 Å². The summed E-state index contributed by atoms with van der Waals surface area (Å²) in [4.78, 5) is 21.0. The minimum Gasteiger partial charge on any atom is -0.370 e. The fraction of sp³-hybridized carbons (Fsp3) is 0.296. The van der Waals surface area contributed by atoms with Gasteiger partial charge in [-0.3, -0.25) is 4.79 Å². The summed E-state index contributed by atoms with van der Waals surface area (Å²) in [5, 5.41) is 6.36. The van der Waals surface area contributed by atoms with Gasteiger partial charge < -0.3 is 15.5 Å². The van der Waals surface area contributed by atoms with E-state index in [0.29, 0.717) is 16.5 Å². The molecule has 0 unspecified atom stereocenters. The first kappa shape index (κ1) is 25.8. The molecule has 0 bridgehead atoms. The van der Waals surface area contributed by atoms with E-state index in [1.54, 1.807) is 0 Å².